The fourth-order valence-electron chi connectivity index (χ4n) is 4.73. The molecule has 0 aromatic heterocycles. The Morgan fingerprint density at radius 1 is 0.810 bits per heavy atom. The van der Waals surface area contributed by atoms with Crippen molar-refractivity contribution in [2.45, 2.75) is 37.8 Å². The van der Waals surface area contributed by atoms with Gasteiger partial charge in [-0.15, -0.1) is 0 Å². The molecule has 0 saturated carbocycles. The summed E-state index contributed by atoms with van der Waals surface area (Å²) in [5, 5.41) is 2.87. The molecule has 0 fully saturated rings. The predicted molar refractivity (Wildman–Crippen MR) is 167 cm³/mol. The number of nitrogens with one attached hydrogen (secondary N) is 1. The molecule has 218 valence electrons. The predicted octanol–water partition coefficient (Wildman–Crippen LogP) is 5.54. The van der Waals surface area contributed by atoms with Crippen molar-refractivity contribution in [1.82, 2.24) is 10.2 Å². The molecule has 0 bridgehead atoms. The lowest BCUT2D eigenvalue weighted by atomic mass is 10.0. The number of nitrogens with zero attached hydrogens (tertiary/aromatic N) is 2. The molecule has 4 rings (SSSR count). The van der Waals surface area contributed by atoms with Crippen LogP contribution in [0.5, 0.6) is 0 Å². The Morgan fingerprint density at radius 2 is 1.45 bits per heavy atom. The molecule has 0 radical (unpaired) electrons. The maximum absolute atomic E-state index is 14.3. The smallest absolute Gasteiger partial charge is 0.264 e. The summed E-state index contributed by atoms with van der Waals surface area (Å²) in [4.78, 5) is 29.1. The van der Waals surface area contributed by atoms with Gasteiger partial charge in [-0.3, -0.25) is 13.9 Å². The minimum atomic E-state index is -4.21. The van der Waals surface area contributed by atoms with Crippen LogP contribution in [-0.2, 0) is 32.6 Å². The van der Waals surface area contributed by atoms with Crippen molar-refractivity contribution in [3.05, 3.63) is 130 Å². The van der Waals surface area contributed by atoms with E-state index in [1.807, 2.05) is 68.4 Å². The SMILES string of the molecule is CNC(=O)C(Cc1ccccc1)N(Cc1cccc(C)c1)C(=O)CN(c1ccccc1Cl)S(=O)(=O)c1ccc(C)cc1. The van der Waals surface area contributed by atoms with Gasteiger partial charge in [-0.05, 0) is 49.2 Å². The number of anilines is 1. The number of carbonyl (C=O) groups excluding carboxylic acids is 2. The molecule has 0 aliphatic carbocycles. The van der Waals surface area contributed by atoms with Gasteiger partial charge in [-0.1, -0.05) is 102 Å². The summed E-state index contributed by atoms with van der Waals surface area (Å²) in [6, 6.07) is 29.1. The number of likely N-dealkylation sites (N-methyl/N-ethyl adjacent to an activating group) is 1. The van der Waals surface area contributed by atoms with Crippen LogP contribution in [0.25, 0.3) is 0 Å². The summed E-state index contributed by atoms with van der Waals surface area (Å²) in [6.45, 7) is 3.35. The summed E-state index contributed by atoms with van der Waals surface area (Å²) < 4.78 is 29.1. The monoisotopic (exact) mass is 603 g/mol. The van der Waals surface area contributed by atoms with Gasteiger partial charge in [-0.25, -0.2) is 8.42 Å². The number of halogens is 1. The van der Waals surface area contributed by atoms with Crippen molar-refractivity contribution >= 4 is 39.1 Å². The molecule has 7 nitrogen and oxygen atoms in total. The summed E-state index contributed by atoms with van der Waals surface area (Å²) >= 11 is 6.50. The van der Waals surface area contributed by atoms with Gasteiger partial charge in [0.2, 0.25) is 11.8 Å². The highest BCUT2D eigenvalue weighted by Gasteiger charge is 2.35. The molecule has 0 heterocycles. The Hall–Kier alpha value is -4.14. The van der Waals surface area contributed by atoms with Crippen LogP contribution in [0.2, 0.25) is 5.02 Å². The standard InChI is InChI=1S/C33H34ClN3O4S/c1-24-16-18-28(19-17-24)42(40,41)37(30-15-8-7-14-29(30)34)23-32(38)36(22-27-13-9-10-25(2)20-27)31(33(39)35-3)21-26-11-5-4-6-12-26/h4-20,31H,21-23H2,1-3H3,(H,35,39). The zero-order chi connectivity index (χ0) is 30.3. The molecular weight excluding hydrogens is 570 g/mol. The van der Waals surface area contributed by atoms with Crippen molar-refractivity contribution in [3.63, 3.8) is 0 Å². The number of hydrogen-bond acceptors (Lipinski definition) is 4. The van der Waals surface area contributed by atoms with E-state index in [0.29, 0.717) is 0 Å². The molecule has 42 heavy (non-hydrogen) atoms. The van der Waals surface area contributed by atoms with Gasteiger partial charge >= 0.3 is 0 Å². The summed E-state index contributed by atoms with van der Waals surface area (Å²) in [5.41, 5.74) is 3.75. The molecule has 4 aromatic carbocycles. The lowest BCUT2D eigenvalue weighted by Crippen LogP contribution is -2.53. The molecule has 9 heteroatoms. The van der Waals surface area contributed by atoms with E-state index in [9.17, 15) is 18.0 Å². The van der Waals surface area contributed by atoms with Crippen LogP contribution < -0.4 is 9.62 Å². The molecule has 0 aliphatic heterocycles. The molecule has 1 unspecified atom stereocenters. The second-order valence-electron chi connectivity index (χ2n) is 10.1. The molecule has 0 spiro atoms. The highest BCUT2D eigenvalue weighted by atomic mass is 35.5. The largest absolute Gasteiger partial charge is 0.357 e. The van der Waals surface area contributed by atoms with Crippen molar-refractivity contribution in [3.8, 4) is 0 Å². The van der Waals surface area contributed by atoms with Crippen molar-refractivity contribution in [2.75, 3.05) is 17.9 Å². The minimum absolute atomic E-state index is 0.0261. The Balaban J connectivity index is 1.80. The van der Waals surface area contributed by atoms with E-state index >= 15 is 0 Å². The van der Waals surface area contributed by atoms with Gasteiger partial charge in [0.1, 0.15) is 12.6 Å². The van der Waals surface area contributed by atoms with Crippen molar-refractivity contribution in [1.29, 1.82) is 0 Å². The van der Waals surface area contributed by atoms with Crippen LogP contribution in [-0.4, -0.2) is 44.8 Å². The van der Waals surface area contributed by atoms with E-state index < -0.39 is 28.5 Å². The first-order valence-electron chi connectivity index (χ1n) is 13.5. The Kier molecular flexibility index (Phi) is 10.0. The molecule has 0 aliphatic rings. The normalized spacial score (nSPS) is 11.9. The van der Waals surface area contributed by atoms with Gasteiger partial charge in [0.25, 0.3) is 10.0 Å². The first-order chi connectivity index (χ1) is 20.1. The van der Waals surface area contributed by atoms with Crippen LogP contribution in [0.1, 0.15) is 22.3 Å². The van der Waals surface area contributed by atoms with Gasteiger partial charge in [-0.2, -0.15) is 0 Å². The molecule has 2 amide bonds. The van der Waals surface area contributed by atoms with E-state index in [0.717, 1.165) is 26.6 Å². The lowest BCUT2D eigenvalue weighted by Gasteiger charge is -2.33. The maximum atomic E-state index is 14.3. The number of hydrogen-bond donors (Lipinski definition) is 1. The highest BCUT2D eigenvalue weighted by Crippen LogP contribution is 2.31. The number of amides is 2. The maximum Gasteiger partial charge on any atom is 0.264 e. The summed E-state index contributed by atoms with van der Waals surface area (Å²) in [6.07, 6.45) is 0.245. The zero-order valence-electron chi connectivity index (χ0n) is 23.8. The van der Waals surface area contributed by atoms with Crippen LogP contribution in [0.4, 0.5) is 5.69 Å². The number of sulfonamides is 1. The quantitative estimate of drug-likeness (QED) is 0.244. The minimum Gasteiger partial charge on any atom is -0.357 e. The van der Waals surface area contributed by atoms with Gasteiger partial charge in [0.05, 0.1) is 15.6 Å². The molecule has 1 N–H and O–H groups in total. The first-order valence-corrected chi connectivity index (χ1v) is 15.4. The lowest BCUT2D eigenvalue weighted by molar-refractivity contribution is -0.139. The second kappa shape index (κ2) is 13.7. The second-order valence-corrected chi connectivity index (χ2v) is 12.4. The summed E-state index contributed by atoms with van der Waals surface area (Å²) in [7, 11) is -2.69. The molecular formula is C33H34ClN3O4S. The highest BCUT2D eigenvalue weighted by molar-refractivity contribution is 7.92. The van der Waals surface area contributed by atoms with E-state index in [2.05, 4.69) is 5.32 Å². The fourth-order valence-corrected chi connectivity index (χ4v) is 6.45. The van der Waals surface area contributed by atoms with Gasteiger partial charge in [0, 0.05) is 20.0 Å². The van der Waals surface area contributed by atoms with Crippen LogP contribution in [0, 0.1) is 13.8 Å². The van der Waals surface area contributed by atoms with Gasteiger partial charge < -0.3 is 10.2 Å². The summed E-state index contributed by atoms with van der Waals surface area (Å²) in [5.74, 6) is -0.901. The fraction of sp³-hybridized carbons (Fsp3) is 0.212. The van der Waals surface area contributed by atoms with Crippen molar-refractivity contribution in [2.24, 2.45) is 0 Å². The zero-order valence-corrected chi connectivity index (χ0v) is 25.4. The van der Waals surface area contributed by atoms with E-state index in [1.54, 1.807) is 36.4 Å². The van der Waals surface area contributed by atoms with Gasteiger partial charge in [0.15, 0.2) is 0 Å². The van der Waals surface area contributed by atoms with E-state index in [-0.39, 0.29) is 34.5 Å². The van der Waals surface area contributed by atoms with E-state index in [1.165, 1.54) is 24.1 Å². The molecule has 1 atom stereocenters. The van der Waals surface area contributed by atoms with Crippen LogP contribution in [0.3, 0.4) is 0 Å². The average molecular weight is 604 g/mol. The van der Waals surface area contributed by atoms with Crippen LogP contribution >= 0.6 is 11.6 Å². The Bertz CT molecular complexity index is 1640. The topological polar surface area (TPSA) is 86.8 Å². The third-order valence-corrected chi connectivity index (χ3v) is 9.06. The Labute approximate surface area is 252 Å². The van der Waals surface area contributed by atoms with Crippen molar-refractivity contribution < 1.29 is 18.0 Å². The number of benzene rings is 4. The first kappa shape index (κ1) is 30.8. The third kappa shape index (κ3) is 7.38. The molecule has 4 aromatic rings. The molecule has 0 saturated heterocycles. The Morgan fingerprint density at radius 3 is 2.10 bits per heavy atom. The average Bonchev–Trinajstić information content (AvgIpc) is 2.98. The number of aryl methyl sites for hydroxylation is 2. The van der Waals surface area contributed by atoms with Crippen LogP contribution in [0.15, 0.2) is 108 Å². The number of para-hydroxylation sites is 1. The third-order valence-electron chi connectivity index (χ3n) is 6.96. The number of carbonyl (C=O) groups is 2. The number of rotatable bonds is 11. The van der Waals surface area contributed by atoms with E-state index in [4.69, 9.17) is 11.6 Å².